The standard InChI is InChI=1S/C20H27ClN2O2/c21-18-5-3-4-15(14-18)10-11-22-19(24)16-6-8-17(9-7-16)20(25)23-12-1-2-13-23/h3-5,14,16-17H,1-2,6-13H2,(H,22,24). The molecule has 1 saturated heterocycles. The van der Waals surface area contributed by atoms with E-state index in [1.807, 2.05) is 29.2 Å². The van der Waals surface area contributed by atoms with Gasteiger partial charge in [0.1, 0.15) is 0 Å². The molecule has 1 aliphatic carbocycles. The van der Waals surface area contributed by atoms with Crippen molar-refractivity contribution < 1.29 is 9.59 Å². The molecule has 0 radical (unpaired) electrons. The number of hydrogen-bond acceptors (Lipinski definition) is 2. The van der Waals surface area contributed by atoms with Gasteiger partial charge in [0.05, 0.1) is 0 Å². The maximum Gasteiger partial charge on any atom is 0.225 e. The van der Waals surface area contributed by atoms with Gasteiger partial charge >= 0.3 is 0 Å². The molecule has 0 unspecified atom stereocenters. The summed E-state index contributed by atoms with van der Waals surface area (Å²) in [6.45, 7) is 2.47. The SMILES string of the molecule is O=C(NCCc1cccc(Cl)c1)C1CCC(C(=O)N2CCCC2)CC1. The average molecular weight is 363 g/mol. The number of nitrogens with zero attached hydrogens (tertiary/aromatic N) is 1. The van der Waals surface area contributed by atoms with Crippen LogP contribution in [-0.4, -0.2) is 36.3 Å². The lowest BCUT2D eigenvalue weighted by Gasteiger charge is -2.29. The topological polar surface area (TPSA) is 49.4 Å². The Bertz CT molecular complexity index is 605. The summed E-state index contributed by atoms with van der Waals surface area (Å²) in [6.07, 6.45) is 6.41. The minimum Gasteiger partial charge on any atom is -0.356 e. The first kappa shape index (κ1) is 18.2. The van der Waals surface area contributed by atoms with Crippen LogP contribution in [-0.2, 0) is 16.0 Å². The molecule has 3 rings (SSSR count). The number of hydrogen-bond donors (Lipinski definition) is 1. The molecule has 1 N–H and O–H groups in total. The van der Waals surface area contributed by atoms with Crippen LogP contribution in [0.4, 0.5) is 0 Å². The monoisotopic (exact) mass is 362 g/mol. The number of carbonyl (C=O) groups excluding carboxylic acids is 2. The van der Waals surface area contributed by atoms with Crippen LogP contribution in [0, 0.1) is 11.8 Å². The number of rotatable bonds is 5. The molecule has 0 aromatic heterocycles. The van der Waals surface area contributed by atoms with E-state index < -0.39 is 0 Å². The summed E-state index contributed by atoms with van der Waals surface area (Å²) in [6, 6.07) is 7.74. The quantitative estimate of drug-likeness (QED) is 0.872. The van der Waals surface area contributed by atoms with Gasteiger partial charge in [0, 0.05) is 36.5 Å². The number of nitrogens with one attached hydrogen (secondary N) is 1. The number of likely N-dealkylation sites (tertiary alicyclic amines) is 1. The molecule has 0 bridgehead atoms. The average Bonchev–Trinajstić information content (AvgIpc) is 3.16. The second kappa shape index (κ2) is 8.70. The summed E-state index contributed by atoms with van der Waals surface area (Å²) < 4.78 is 0. The van der Waals surface area contributed by atoms with Gasteiger partial charge in [-0.15, -0.1) is 0 Å². The first-order chi connectivity index (χ1) is 12.1. The molecule has 1 heterocycles. The van der Waals surface area contributed by atoms with Crippen LogP contribution in [0.25, 0.3) is 0 Å². The highest BCUT2D eigenvalue weighted by molar-refractivity contribution is 6.30. The Hall–Kier alpha value is -1.55. The van der Waals surface area contributed by atoms with E-state index in [9.17, 15) is 9.59 Å². The van der Waals surface area contributed by atoms with Crippen molar-refractivity contribution in [3.63, 3.8) is 0 Å². The maximum absolute atomic E-state index is 12.4. The van der Waals surface area contributed by atoms with Gasteiger partial charge in [-0.05, 0) is 62.6 Å². The van der Waals surface area contributed by atoms with Crippen molar-refractivity contribution in [1.29, 1.82) is 0 Å². The summed E-state index contributed by atoms with van der Waals surface area (Å²) in [5.41, 5.74) is 1.13. The Morgan fingerprint density at radius 3 is 2.44 bits per heavy atom. The molecule has 0 atom stereocenters. The van der Waals surface area contributed by atoms with Crippen molar-refractivity contribution in [2.24, 2.45) is 11.8 Å². The van der Waals surface area contributed by atoms with Crippen molar-refractivity contribution in [3.05, 3.63) is 34.9 Å². The largest absolute Gasteiger partial charge is 0.356 e. The van der Waals surface area contributed by atoms with Gasteiger partial charge in [-0.25, -0.2) is 0 Å². The minimum atomic E-state index is 0.0574. The van der Waals surface area contributed by atoms with E-state index in [0.29, 0.717) is 12.5 Å². The highest BCUT2D eigenvalue weighted by atomic mass is 35.5. The first-order valence-electron chi connectivity index (χ1n) is 9.44. The maximum atomic E-state index is 12.4. The molecule has 1 saturated carbocycles. The fourth-order valence-electron chi connectivity index (χ4n) is 3.97. The third-order valence-corrected chi connectivity index (χ3v) is 5.70. The molecule has 1 aromatic carbocycles. The smallest absolute Gasteiger partial charge is 0.225 e. The van der Waals surface area contributed by atoms with Crippen LogP contribution in [0.5, 0.6) is 0 Å². The zero-order valence-electron chi connectivity index (χ0n) is 14.7. The van der Waals surface area contributed by atoms with E-state index in [0.717, 1.165) is 68.6 Å². The van der Waals surface area contributed by atoms with Crippen molar-refractivity contribution in [3.8, 4) is 0 Å². The fraction of sp³-hybridized carbons (Fsp3) is 0.600. The molecule has 4 nitrogen and oxygen atoms in total. The summed E-state index contributed by atoms with van der Waals surface area (Å²) in [5.74, 6) is 0.641. The van der Waals surface area contributed by atoms with Gasteiger partial charge in [-0.1, -0.05) is 23.7 Å². The number of carbonyl (C=O) groups is 2. The number of benzene rings is 1. The molecule has 1 aromatic rings. The molecular formula is C20H27ClN2O2. The van der Waals surface area contributed by atoms with Crippen molar-refractivity contribution >= 4 is 23.4 Å². The molecule has 25 heavy (non-hydrogen) atoms. The van der Waals surface area contributed by atoms with Gasteiger partial charge in [0.25, 0.3) is 0 Å². The number of amides is 2. The van der Waals surface area contributed by atoms with Crippen LogP contribution < -0.4 is 5.32 Å². The van der Waals surface area contributed by atoms with E-state index in [-0.39, 0.29) is 17.7 Å². The van der Waals surface area contributed by atoms with Crippen molar-refractivity contribution in [2.75, 3.05) is 19.6 Å². The summed E-state index contributed by atoms with van der Waals surface area (Å²) in [7, 11) is 0. The Balaban J connectivity index is 1.38. The normalized spacial score (nSPS) is 23.5. The summed E-state index contributed by atoms with van der Waals surface area (Å²) >= 11 is 5.98. The molecule has 1 aliphatic heterocycles. The van der Waals surface area contributed by atoms with Crippen LogP contribution in [0.3, 0.4) is 0 Å². The third kappa shape index (κ3) is 4.97. The van der Waals surface area contributed by atoms with Crippen LogP contribution in [0.1, 0.15) is 44.1 Å². The second-order valence-electron chi connectivity index (χ2n) is 7.25. The molecular weight excluding hydrogens is 336 g/mol. The molecule has 136 valence electrons. The molecule has 5 heteroatoms. The molecule has 2 fully saturated rings. The van der Waals surface area contributed by atoms with E-state index in [4.69, 9.17) is 11.6 Å². The van der Waals surface area contributed by atoms with Crippen LogP contribution in [0.15, 0.2) is 24.3 Å². The molecule has 2 aliphatic rings. The Labute approximate surface area is 154 Å². The lowest BCUT2D eigenvalue weighted by molar-refractivity contribution is -0.137. The zero-order valence-corrected chi connectivity index (χ0v) is 15.4. The predicted octanol–water partition coefficient (Wildman–Crippen LogP) is 3.43. The Kier molecular flexibility index (Phi) is 6.35. The van der Waals surface area contributed by atoms with Crippen LogP contribution >= 0.6 is 11.6 Å². The van der Waals surface area contributed by atoms with Gasteiger partial charge in [0.2, 0.25) is 11.8 Å². The van der Waals surface area contributed by atoms with Crippen molar-refractivity contribution in [1.82, 2.24) is 10.2 Å². The zero-order chi connectivity index (χ0) is 17.6. The van der Waals surface area contributed by atoms with Crippen LogP contribution in [0.2, 0.25) is 5.02 Å². The van der Waals surface area contributed by atoms with Gasteiger partial charge < -0.3 is 10.2 Å². The minimum absolute atomic E-state index is 0.0574. The summed E-state index contributed by atoms with van der Waals surface area (Å²) in [4.78, 5) is 26.8. The molecule has 2 amide bonds. The Morgan fingerprint density at radius 2 is 1.76 bits per heavy atom. The van der Waals surface area contributed by atoms with Crippen molar-refractivity contribution in [2.45, 2.75) is 44.9 Å². The van der Waals surface area contributed by atoms with Gasteiger partial charge in [0.15, 0.2) is 0 Å². The van der Waals surface area contributed by atoms with E-state index >= 15 is 0 Å². The Morgan fingerprint density at radius 1 is 1.08 bits per heavy atom. The van der Waals surface area contributed by atoms with Gasteiger partial charge in [-0.2, -0.15) is 0 Å². The van der Waals surface area contributed by atoms with Gasteiger partial charge in [-0.3, -0.25) is 9.59 Å². The van der Waals surface area contributed by atoms with E-state index in [2.05, 4.69) is 5.32 Å². The number of halogens is 1. The fourth-order valence-corrected chi connectivity index (χ4v) is 4.18. The highest BCUT2D eigenvalue weighted by Gasteiger charge is 2.32. The predicted molar refractivity (Wildman–Crippen MR) is 99.4 cm³/mol. The first-order valence-corrected chi connectivity index (χ1v) is 9.82. The van der Waals surface area contributed by atoms with E-state index in [1.165, 1.54) is 0 Å². The lowest BCUT2D eigenvalue weighted by Crippen LogP contribution is -2.39. The summed E-state index contributed by atoms with van der Waals surface area (Å²) in [5, 5.41) is 3.77. The molecule has 0 spiro atoms. The lowest BCUT2D eigenvalue weighted by atomic mass is 9.81. The highest BCUT2D eigenvalue weighted by Crippen LogP contribution is 2.31. The second-order valence-corrected chi connectivity index (χ2v) is 7.69. The van der Waals surface area contributed by atoms with E-state index in [1.54, 1.807) is 0 Å². The third-order valence-electron chi connectivity index (χ3n) is 5.47.